The summed E-state index contributed by atoms with van der Waals surface area (Å²) in [5.41, 5.74) is 1.20. The average molecular weight is 347 g/mol. The van der Waals surface area contributed by atoms with Crippen LogP contribution >= 0.6 is 11.3 Å². The van der Waals surface area contributed by atoms with E-state index in [0.29, 0.717) is 17.2 Å². The maximum atomic E-state index is 12.2. The van der Waals surface area contributed by atoms with Crippen LogP contribution in [0.25, 0.3) is 10.8 Å². The number of hydrogen-bond acceptors (Lipinski definition) is 3. The van der Waals surface area contributed by atoms with Crippen molar-refractivity contribution in [3.8, 4) is 0 Å². The molecule has 4 nitrogen and oxygen atoms in total. The zero-order chi connectivity index (χ0) is 17.2. The molecule has 0 aliphatic rings. The van der Waals surface area contributed by atoms with Crippen LogP contribution in [0.4, 0.5) is 5.82 Å². The minimum absolute atomic E-state index is 0.117. The number of rotatable bonds is 4. The molecule has 0 fully saturated rings. The molecule has 0 aliphatic heterocycles. The molecule has 0 unspecified atom stereocenters. The first kappa shape index (κ1) is 15.6. The first-order valence-corrected chi connectivity index (χ1v) is 8.88. The smallest absolute Gasteiger partial charge is 0.266 e. The number of anilines is 1. The number of aryl methyl sites for hydroxylation is 1. The highest BCUT2D eigenvalue weighted by molar-refractivity contribution is 7.14. The molecule has 0 spiro atoms. The third kappa shape index (κ3) is 3.32. The SMILES string of the molecule is Cc1ccc(C(=O)Nc2ccn(Cc3cccc4ccccc34)n2)s1. The first-order chi connectivity index (χ1) is 12.2. The predicted octanol–water partition coefficient (Wildman–Crippen LogP) is 4.71. The molecule has 0 saturated heterocycles. The van der Waals surface area contributed by atoms with Crippen LogP contribution in [0.2, 0.25) is 0 Å². The third-order valence-corrected chi connectivity index (χ3v) is 5.06. The van der Waals surface area contributed by atoms with Gasteiger partial charge in [0.1, 0.15) is 0 Å². The van der Waals surface area contributed by atoms with Crippen molar-refractivity contribution in [1.29, 1.82) is 0 Å². The lowest BCUT2D eigenvalue weighted by Gasteiger charge is -2.06. The fraction of sp³-hybridized carbons (Fsp3) is 0.100. The molecule has 25 heavy (non-hydrogen) atoms. The summed E-state index contributed by atoms with van der Waals surface area (Å²) in [6, 6.07) is 20.2. The molecule has 2 heterocycles. The van der Waals surface area contributed by atoms with Gasteiger partial charge in [0.05, 0.1) is 11.4 Å². The minimum atomic E-state index is -0.117. The standard InChI is InChI=1S/C20H17N3OS/c1-14-9-10-18(25-14)20(24)21-19-11-12-23(22-19)13-16-7-4-6-15-5-2-3-8-17(15)16/h2-12H,13H2,1H3,(H,21,22,24). The van der Waals surface area contributed by atoms with Crippen molar-refractivity contribution in [3.05, 3.63) is 82.2 Å². The van der Waals surface area contributed by atoms with Crippen molar-refractivity contribution >= 4 is 33.8 Å². The Kier molecular flexibility index (Phi) is 4.07. The van der Waals surface area contributed by atoms with Gasteiger partial charge in [-0.2, -0.15) is 5.10 Å². The number of fused-ring (bicyclic) bond motifs is 1. The Morgan fingerprint density at radius 2 is 1.92 bits per heavy atom. The van der Waals surface area contributed by atoms with Gasteiger partial charge in [0.15, 0.2) is 5.82 Å². The fourth-order valence-electron chi connectivity index (χ4n) is 2.86. The second kappa shape index (κ2) is 6.53. The summed E-state index contributed by atoms with van der Waals surface area (Å²) in [5, 5.41) is 9.77. The summed E-state index contributed by atoms with van der Waals surface area (Å²) in [6.07, 6.45) is 1.89. The summed E-state index contributed by atoms with van der Waals surface area (Å²) in [4.78, 5) is 14.0. The molecule has 1 amide bonds. The molecule has 4 aromatic rings. The highest BCUT2D eigenvalue weighted by atomic mass is 32.1. The van der Waals surface area contributed by atoms with Crippen molar-refractivity contribution in [1.82, 2.24) is 9.78 Å². The van der Waals surface area contributed by atoms with Crippen LogP contribution < -0.4 is 5.32 Å². The molecule has 4 rings (SSSR count). The Bertz CT molecular complexity index is 1040. The van der Waals surface area contributed by atoms with Crippen LogP contribution in [0.3, 0.4) is 0 Å². The second-order valence-corrected chi connectivity index (χ2v) is 7.19. The topological polar surface area (TPSA) is 46.9 Å². The first-order valence-electron chi connectivity index (χ1n) is 8.07. The highest BCUT2D eigenvalue weighted by Gasteiger charge is 2.10. The van der Waals surface area contributed by atoms with Gasteiger partial charge < -0.3 is 5.32 Å². The molecule has 124 valence electrons. The van der Waals surface area contributed by atoms with Crippen LogP contribution in [-0.2, 0) is 6.54 Å². The van der Waals surface area contributed by atoms with E-state index in [-0.39, 0.29) is 5.91 Å². The zero-order valence-electron chi connectivity index (χ0n) is 13.8. The van der Waals surface area contributed by atoms with Crippen molar-refractivity contribution < 1.29 is 4.79 Å². The van der Waals surface area contributed by atoms with E-state index >= 15 is 0 Å². The van der Waals surface area contributed by atoms with E-state index in [1.165, 1.54) is 27.7 Å². The number of nitrogens with one attached hydrogen (secondary N) is 1. The summed E-state index contributed by atoms with van der Waals surface area (Å²) in [7, 11) is 0. The maximum Gasteiger partial charge on any atom is 0.266 e. The van der Waals surface area contributed by atoms with E-state index in [4.69, 9.17) is 0 Å². The minimum Gasteiger partial charge on any atom is -0.304 e. The maximum absolute atomic E-state index is 12.2. The summed E-state index contributed by atoms with van der Waals surface area (Å²) < 4.78 is 1.84. The number of amides is 1. The second-order valence-electron chi connectivity index (χ2n) is 5.90. The summed E-state index contributed by atoms with van der Waals surface area (Å²) >= 11 is 1.48. The van der Waals surface area contributed by atoms with Crippen LogP contribution in [0, 0.1) is 6.92 Å². The Morgan fingerprint density at radius 1 is 1.08 bits per heavy atom. The molecule has 0 radical (unpaired) electrons. The lowest BCUT2D eigenvalue weighted by Crippen LogP contribution is -2.11. The van der Waals surface area contributed by atoms with Crippen molar-refractivity contribution in [3.63, 3.8) is 0 Å². The van der Waals surface area contributed by atoms with E-state index in [2.05, 4.69) is 40.7 Å². The van der Waals surface area contributed by atoms with Gasteiger partial charge >= 0.3 is 0 Å². The van der Waals surface area contributed by atoms with Gasteiger partial charge in [-0.1, -0.05) is 42.5 Å². The highest BCUT2D eigenvalue weighted by Crippen LogP contribution is 2.20. The molecule has 0 atom stereocenters. The van der Waals surface area contributed by atoms with Crippen LogP contribution in [0.15, 0.2) is 66.9 Å². The van der Waals surface area contributed by atoms with Crippen molar-refractivity contribution in [2.24, 2.45) is 0 Å². The quantitative estimate of drug-likeness (QED) is 0.581. The Hall–Kier alpha value is -2.92. The van der Waals surface area contributed by atoms with Gasteiger partial charge in [0.2, 0.25) is 0 Å². The predicted molar refractivity (Wildman–Crippen MR) is 102 cm³/mol. The number of nitrogens with zero attached hydrogens (tertiary/aromatic N) is 2. The van der Waals surface area contributed by atoms with Crippen molar-refractivity contribution in [2.75, 3.05) is 5.32 Å². The molecule has 5 heteroatoms. The van der Waals surface area contributed by atoms with E-state index < -0.39 is 0 Å². The molecule has 2 aromatic carbocycles. The molecule has 2 aromatic heterocycles. The van der Waals surface area contributed by atoms with Crippen LogP contribution in [0.1, 0.15) is 20.1 Å². The van der Waals surface area contributed by atoms with E-state index in [1.54, 1.807) is 0 Å². The molecule has 0 aliphatic carbocycles. The summed E-state index contributed by atoms with van der Waals surface area (Å²) in [5.74, 6) is 0.449. The fourth-order valence-corrected chi connectivity index (χ4v) is 3.62. The van der Waals surface area contributed by atoms with Gasteiger partial charge in [0, 0.05) is 17.1 Å². The van der Waals surface area contributed by atoms with Gasteiger partial charge in [-0.25, -0.2) is 0 Å². The molecular weight excluding hydrogens is 330 g/mol. The van der Waals surface area contributed by atoms with E-state index in [1.807, 2.05) is 48.1 Å². The van der Waals surface area contributed by atoms with Gasteiger partial charge in [-0.05, 0) is 35.4 Å². The Balaban J connectivity index is 1.52. The monoisotopic (exact) mass is 347 g/mol. The number of carbonyl (C=O) groups is 1. The molecular formula is C20H17N3OS. The van der Waals surface area contributed by atoms with Crippen LogP contribution in [-0.4, -0.2) is 15.7 Å². The third-order valence-electron chi connectivity index (χ3n) is 4.06. The number of thiophene rings is 1. The van der Waals surface area contributed by atoms with Crippen LogP contribution in [0.5, 0.6) is 0 Å². The van der Waals surface area contributed by atoms with Crippen molar-refractivity contribution in [2.45, 2.75) is 13.5 Å². The molecule has 1 N–H and O–H groups in total. The lowest BCUT2D eigenvalue weighted by atomic mass is 10.0. The van der Waals surface area contributed by atoms with Gasteiger partial charge in [-0.3, -0.25) is 9.48 Å². The lowest BCUT2D eigenvalue weighted by molar-refractivity contribution is 0.103. The van der Waals surface area contributed by atoms with E-state index in [0.717, 1.165) is 4.88 Å². The summed E-state index contributed by atoms with van der Waals surface area (Å²) in [6.45, 7) is 2.65. The number of hydrogen-bond donors (Lipinski definition) is 1. The Labute approximate surface area is 149 Å². The molecule has 0 saturated carbocycles. The van der Waals surface area contributed by atoms with Gasteiger partial charge in [0.25, 0.3) is 5.91 Å². The molecule has 0 bridgehead atoms. The number of benzene rings is 2. The normalized spacial score (nSPS) is 10.9. The van der Waals surface area contributed by atoms with Gasteiger partial charge in [-0.15, -0.1) is 11.3 Å². The Morgan fingerprint density at radius 3 is 2.76 bits per heavy atom. The number of aromatic nitrogens is 2. The average Bonchev–Trinajstić information content (AvgIpc) is 3.24. The zero-order valence-corrected chi connectivity index (χ0v) is 14.6. The van der Waals surface area contributed by atoms with E-state index in [9.17, 15) is 4.79 Å². The number of carbonyl (C=O) groups excluding carboxylic acids is 1. The largest absolute Gasteiger partial charge is 0.304 e.